The minimum atomic E-state index is 0.609. The first-order chi connectivity index (χ1) is 9.83. The quantitative estimate of drug-likeness (QED) is 0.794. The number of nitrogens with one attached hydrogen (secondary N) is 1. The molecule has 1 unspecified atom stereocenters. The second-order valence-electron chi connectivity index (χ2n) is 5.30. The minimum Gasteiger partial charge on any atom is -0.368 e. The maximum absolute atomic E-state index is 4.39. The van der Waals surface area contributed by atoms with Crippen LogP contribution in [0.15, 0.2) is 36.0 Å². The van der Waals surface area contributed by atoms with Crippen molar-refractivity contribution in [3.63, 3.8) is 0 Å². The van der Waals surface area contributed by atoms with Crippen molar-refractivity contribution in [2.24, 2.45) is 0 Å². The number of aryl methyl sites for hydroxylation is 1. The van der Waals surface area contributed by atoms with Gasteiger partial charge in [0.05, 0.1) is 10.2 Å². The lowest BCUT2D eigenvalue weighted by molar-refractivity contribution is 0.635. The molecule has 1 N–H and O–H groups in total. The molecular formula is C16H15N3S. The summed E-state index contributed by atoms with van der Waals surface area (Å²) in [6, 6.07) is 8.69. The van der Waals surface area contributed by atoms with E-state index in [1.807, 2.05) is 0 Å². The Morgan fingerprint density at radius 2 is 2.20 bits per heavy atom. The van der Waals surface area contributed by atoms with Crippen molar-refractivity contribution in [3.8, 4) is 0 Å². The molecule has 0 radical (unpaired) electrons. The maximum Gasteiger partial charge on any atom is 0.147 e. The number of nitrogens with zero attached hydrogens (tertiary/aromatic N) is 2. The monoisotopic (exact) mass is 281 g/mol. The van der Waals surface area contributed by atoms with Gasteiger partial charge in [0.25, 0.3) is 0 Å². The topological polar surface area (TPSA) is 37.8 Å². The van der Waals surface area contributed by atoms with Crippen molar-refractivity contribution in [2.45, 2.75) is 19.3 Å². The van der Waals surface area contributed by atoms with Crippen LogP contribution >= 0.6 is 11.3 Å². The van der Waals surface area contributed by atoms with Crippen molar-refractivity contribution in [1.82, 2.24) is 9.97 Å². The Hall–Kier alpha value is -1.94. The van der Waals surface area contributed by atoms with Crippen LogP contribution < -0.4 is 5.32 Å². The third-order valence-corrected chi connectivity index (χ3v) is 5.10. The summed E-state index contributed by atoms with van der Waals surface area (Å²) in [5.41, 5.74) is 5.26. The molecule has 4 rings (SSSR count). The molecule has 4 heteroatoms. The second kappa shape index (κ2) is 4.56. The summed E-state index contributed by atoms with van der Waals surface area (Å²) in [5.74, 6) is 1.58. The van der Waals surface area contributed by atoms with Crippen LogP contribution in [-0.4, -0.2) is 16.5 Å². The molecule has 1 aliphatic rings. The number of aromatic nitrogens is 2. The van der Waals surface area contributed by atoms with Gasteiger partial charge in [0.2, 0.25) is 0 Å². The summed E-state index contributed by atoms with van der Waals surface area (Å²) in [6.07, 6.45) is 2.82. The fourth-order valence-electron chi connectivity index (χ4n) is 2.86. The second-order valence-corrected chi connectivity index (χ2v) is 6.18. The summed E-state index contributed by atoms with van der Waals surface area (Å²) in [6.45, 7) is 3.04. The van der Waals surface area contributed by atoms with E-state index >= 15 is 0 Å². The van der Waals surface area contributed by atoms with Crippen molar-refractivity contribution in [2.75, 3.05) is 11.9 Å². The highest BCUT2D eigenvalue weighted by Gasteiger charge is 2.25. The number of hydrogen-bond acceptors (Lipinski definition) is 4. The van der Waals surface area contributed by atoms with Crippen LogP contribution in [-0.2, 0) is 6.42 Å². The van der Waals surface area contributed by atoms with Crippen LogP contribution in [0.3, 0.4) is 0 Å². The van der Waals surface area contributed by atoms with Crippen LogP contribution in [0, 0.1) is 6.92 Å². The Balaban J connectivity index is 1.55. The average Bonchev–Trinajstić information content (AvgIpc) is 2.83. The standard InChI is InChI=1S/C16H15N3S/c1-10-8-20-15-14(10)18-9-19-16(15)17-7-12-6-11-4-2-3-5-13(11)12/h2-5,8-9,12H,6-7H2,1H3,(H,17,18,19). The van der Waals surface area contributed by atoms with Crippen LogP contribution in [0.5, 0.6) is 0 Å². The number of hydrogen-bond donors (Lipinski definition) is 1. The van der Waals surface area contributed by atoms with Gasteiger partial charge in [0.1, 0.15) is 12.1 Å². The predicted molar refractivity (Wildman–Crippen MR) is 83.5 cm³/mol. The summed E-state index contributed by atoms with van der Waals surface area (Å²) in [7, 11) is 0. The van der Waals surface area contributed by atoms with E-state index in [0.717, 1.165) is 22.6 Å². The zero-order chi connectivity index (χ0) is 13.5. The Kier molecular flexibility index (Phi) is 2.70. The largest absolute Gasteiger partial charge is 0.368 e. The van der Waals surface area contributed by atoms with E-state index in [2.05, 4.69) is 51.9 Å². The highest BCUT2D eigenvalue weighted by molar-refractivity contribution is 7.18. The molecule has 20 heavy (non-hydrogen) atoms. The zero-order valence-electron chi connectivity index (χ0n) is 11.3. The number of benzene rings is 1. The Labute approximate surface area is 121 Å². The highest BCUT2D eigenvalue weighted by atomic mass is 32.1. The lowest BCUT2D eigenvalue weighted by atomic mass is 9.77. The van der Waals surface area contributed by atoms with Crippen molar-refractivity contribution >= 4 is 27.4 Å². The highest BCUT2D eigenvalue weighted by Crippen LogP contribution is 2.35. The first-order valence-electron chi connectivity index (χ1n) is 6.83. The molecule has 3 nitrogen and oxygen atoms in total. The average molecular weight is 281 g/mol. The van der Waals surface area contributed by atoms with Gasteiger partial charge >= 0.3 is 0 Å². The Bertz CT molecular complexity index is 778. The summed E-state index contributed by atoms with van der Waals surface area (Å²) in [5, 5.41) is 5.65. The molecule has 0 saturated heterocycles. The molecule has 100 valence electrons. The number of fused-ring (bicyclic) bond motifs is 2. The Morgan fingerprint density at radius 1 is 1.30 bits per heavy atom. The fourth-order valence-corrected chi connectivity index (χ4v) is 3.83. The maximum atomic E-state index is 4.39. The van der Waals surface area contributed by atoms with Crippen LogP contribution in [0.2, 0.25) is 0 Å². The van der Waals surface area contributed by atoms with E-state index in [4.69, 9.17) is 0 Å². The molecule has 0 saturated carbocycles. The number of rotatable bonds is 3. The molecule has 3 aromatic rings. The van der Waals surface area contributed by atoms with Crippen LogP contribution in [0.25, 0.3) is 10.2 Å². The van der Waals surface area contributed by atoms with Gasteiger partial charge in [-0.25, -0.2) is 9.97 Å². The van der Waals surface area contributed by atoms with E-state index in [0.29, 0.717) is 5.92 Å². The van der Waals surface area contributed by atoms with E-state index < -0.39 is 0 Å². The van der Waals surface area contributed by atoms with Gasteiger partial charge in [-0.15, -0.1) is 11.3 Å². The third-order valence-electron chi connectivity index (χ3n) is 4.01. The van der Waals surface area contributed by atoms with E-state index in [-0.39, 0.29) is 0 Å². The minimum absolute atomic E-state index is 0.609. The first-order valence-corrected chi connectivity index (χ1v) is 7.71. The van der Waals surface area contributed by atoms with Gasteiger partial charge in [-0.05, 0) is 35.4 Å². The van der Waals surface area contributed by atoms with Gasteiger partial charge in [0, 0.05) is 12.5 Å². The molecular weight excluding hydrogens is 266 g/mol. The lowest BCUT2D eigenvalue weighted by Crippen LogP contribution is -2.24. The van der Waals surface area contributed by atoms with Crippen LogP contribution in [0.4, 0.5) is 5.82 Å². The van der Waals surface area contributed by atoms with Gasteiger partial charge in [0.15, 0.2) is 0 Å². The summed E-state index contributed by atoms with van der Waals surface area (Å²) < 4.78 is 1.16. The molecule has 1 aliphatic carbocycles. The normalized spacial score (nSPS) is 16.8. The van der Waals surface area contributed by atoms with Gasteiger partial charge < -0.3 is 5.32 Å². The lowest BCUT2D eigenvalue weighted by Gasteiger charge is -2.30. The molecule has 2 aromatic heterocycles. The van der Waals surface area contributed by atoms with E-state index in [1.165, 1.54) is 23.1 Å². The first kappa shape index (κ1) is 11.9. The number of thiophene rings is 1. The van der Waals surface area contributed by atoms with Crippen molar-refractivity contribution in [1.29, 1.82) is 0 Å². The molecule has 1 atom stereocenters. The van der Waals surface area contributed by atoms with Crippen molar-refractivity contribution in [3.05, 3.63) is 52.7 Å². The zero-order valence-corrected chi connectivity index (χ0v) is 12.1. The molecule has 2 heterocycles. The van der Waals surface area contributed by atoms with Gasteiger partial charge in [-0.2, -0.15) is 0 Å². The SMILES string of the molecule is Cc1csc2c(NCC3Cc4ccccc43)ncnc12. The third kappa shape index (κ3) is 1.79. The fraction of sp³-hybridized carbons (Fsp3) is 0.250. The van der Waals surface area contributed by atoms with Crippen LogP contribution in [0.1, 0.15) is 22.6 Å². The summed E-state index contributed by atoms with van der Waals surface area (Å²) in [4.78, 5) is 8.75. The molecule has 0 amide bonds. The predicted octanol–water partition coefficient (Wildman–Crippen LogP) is 3.75. The number of anilines is 1. The molecule has 0 aliphatic heterocycles. The van der Waals surface area contributed by atoms with Gasteiger partial charge in [-0.3, -0.25) is 0 Å². The Morgan fingerprint density at radius 3 is 3.10 bits per heavy atom. The van der Waals surface area contributed by atoms with E-state index in [9.17, 15) is 0 Å². The molecule has 0 bridgehead atoms. The van der Waals surface area contributed by atoms with Gasteiger partial charge in [-0.1, -0.05) is 24.3 Å². The summed E-state index contributed by atoms with van der Waals surface area (Å²) >= 11 is 1.72. The van der Waals surface area contributed by atoms with E-state index in [1.54, 1.807) is 17.7 Å². The van der Waals surface area contributed by atoms with Crippen molar-refractivity contribution < 1.29 is 0 Å². The molecule has 0 spiro atoms. The molecule has 1 aromatic carbocycles. The molecule has 0 fully saturated rings. The smallest absolute Gasteiger partial charge is 0.147 e.